The number of hydrogen-bond donors (Lipinski definition) is 1. The van der Waals surface area contributed by atoms with E-state index in [4.69, 9.17) is 5.11 Å². The number of benzene rings is 1. The van der Waals surface area contributed by atoms with Crippen LogP contribution in [0.15, 0.2) is 30.3 Å². The molecule has 1 aliphatic heterocycles. The third-order valence-electron chi connectivity index (χ3n) is 4.11. The molecule has 0 aliphatic carbocycles. The first-order valence-corrected chi connectivity index (χ1v) is 7.96. The number of hydrogen-bond acceptors (Lipinski definition) is 2. The summed E-state index contributed by atoms with van der Waals surface area (Å²) in [5, 5.41) is 8.75. The lowest BCUT2D eigenvalue weighted by Gasteiger charge is -2.32. The third-order valence-corrected chi connectivity index (χ3v) is 4.11. The lowest BCUT2D eigenvalue weighted by Crippen LogP contribution is -2.39. The first kappa shape index (κ1) is 17.2. The minimum atomic E-state index is -0.782. The molecule has 1 aromatic carbocycles. The van der Waals surface area contributed by atoms with E-state index < -0.39 is 5.97 Å². The molecule has 1 aliphatic rings. The number of piperidine rings is 1. The Morgan fingerprint density at radius 2 is 2.04 bits per heavy atom. The summed E-state index contributed by atoms with van der Waals surface area (Å²) in [6.45, 7) is 1.39. The molecular formula is C18H22FNO3. The van der Waals surface area contributed by atoms with E-state index in [0.717, 1.165) is 24.9 Å². The standard InChI is InChI=1S/C18H22FNO3/c19-16-9-6-14(7-10-16)3-1-5-17(21)20-12-2-4-15(13-20)8-11-18(22)23/h1,3,6-7,9-10,15H,2,4-5,8,11-13H2,(H,22,23)/b3-1+. The number of carbonyl (C=O) groups is 2. The van der Waals surface area contributed by atoms with Gasteiger partial charge in [0.1, 0.15) is 5.82 Å². The predicted molar refractivity (Wildman–Crippen MR) is 86.2 cm³/mol. The van der Waals surface area contributed by atoms with Crippen molar-refractivity contribution in [1.82, 2.24) is 4.90 Å². The molecule has 1 atom stereocenters. The molecule has 0 spiro atoms. The molecule has 1 fully saturated rings. The summed E-state index contributed by atoms with van der Waals surface area (Å²) in [7, 11) is 0. The smallest absolute Gasteiger partial charge is 0.303 e. The predicted octanol–water partition coefficient (Wildman–Crippen LogP) is 3.33. The van der Waals surface area contributed by atoms with Gasteiger partial charge in [-0.1, -0.05) is 24.3 Å². The van der Waals surface area contributed by atoms with E-state index in [-0.39, 0.29) is 24.1 Å². The molecule has 1 saturated heterocycles. The van der Waals surface area contributed by atoms with E-state index in [1.165, 1.54) is 12.1 Å². The lowest BCUT2D eigenvalue weighted by atomic mass is 9.93. The molecular weight excluding hydrogens is 297 g/mol. The Labute approximate surface area is 135 Å². The van der Waals surface area contributed by atoms with Crippen molar-refractivity contribution in [3.63, 3.8) is 0 Å². The van der Waals surface area contributed by atoms with Crippen LogP contribution < -0.4 is 0 Å². The van der Waals surface area contributed by atoms with Crippen LogP contribution in [0.5, 0.6) is 0 Å². The van der Waals surface area contributed by atoms with Gasteiger partial charge in [0.25, 0.3) is 0 Å². The maximum atomic E-state index is 12.8. The molecule has 1 aromatic rings. The number of nitrogens with zero attached hydrogens (tertiary/aromatic N) is 1. The third kappa shape index (κ3) is 5.85. The second-order valence-corrected chi connectivity index (χ2v) is 5.94. The Bertz CT molecular complexity index is 568. The Kier molecular flexibility index (Phi) is 6.32. The molecule has 5 heteroatoms. The Morgan fingerprint density at radius 3 is 2.74 bits per heavy atom. The second kappa shape index (κ2) is 8.46. The highest BCUT2D eigenvalue weighted by atomic mass is 19.1. The van der Waals surface area contributed by atoms with Crippen molar-refractivity contribution in [3.05, 3.63) is 41.7 Å². The SMILES string of the molecule is O=C(O)CCC1CCCN(C(=O)C/C=C/c2ccc(F)cc2)C1. The van der Waals surface area contributed by atoms with Crippen molar-refractivity contribution in [2.45, 2.75) is 32.1 Å². The average Bonchev–Trinajstić information content (AvgIpc) is 2.55. The molecule has 23 heavy (non-hydrogen) atoms. The highest BCUT2D eigenvalue weighted by molar-refractivity contribution is 5.78. The summed E-state index contributed by atoms with van der Waals surface area (Å²) >= 11 is 0. The number of carboxylic acids is 1. The first-order valence-electron chi connectivity index (χ1n) is 7.96. The van der Waals surface area contributed by atoms with Crippen molar-refractivity contribution in [1.29, 1.82) is 0 Å². The molecule has 0 aromatic heterocycles. The molecule has 4 nitrogen and oxygen atoms in total. The number of amides is 1. The maximum Gasteiger partial charge on any atom is 0.303 e. The largest absolute Gasteiger partial charge is 0.481 e. The van der Waals surface area contributed by atoms with Crippen LogP contribution in [0.2, 0.25) is 0 Å². The zero-order chi connectivity index (χ0) is 16.7. The molecule has 1 heterocycles. The summed E-state index contributed by atoms with van der Waals surface area (Å²) < 4.78 is 12.8. The van der Waals surface area contributed by atoms with E-state index in [0.29, 0.717) is 19.4 Å². The molecule has 0 bridgehead atoms. The fourth-order valence-electron chi connectivity index (χ4n) is 2.85. The topological polar surface area (TPSA) is 57.6 Å². The van der Waals surface area contributed by atoms with Gasteiger partial charge in [0.15, 0.2) is 0 Å². The van der Waals surface area contributed by atoms with E-state index in [1.54, 1.807) is 18.2 Å². The molecule has 1 unspecified atom stereocenters. The highest BCUT2D eigenvalue weighted by Gasteiger charge is 2.23. The summed E-state index contributed by atoms with van der Waals surface area (Å²) in [5.41, 5.74) is 0.858. The van der Waals surface area contributed by atoms with Gasteiger partial charge in [0, 0.05) is 25.9 Å². The number of halogens is 1. The van der Waals surface area contributed by atoms with Gasteiger partial charge in [0.2, 0.25) is 5.91 Å². The fourth-order valence-corrected chi connectivity index (χ4v) is 2.85. The van der Waals surface area contributed by atoms with Crippen LogP contribution in [-0.2, 0) is 9.59 Å². The summed E-state index contributed by atoms with van der Waals surface area (Å²) in [5.74, 6) is -0.720. The van der Waals surface area contributed by atoms with Gasteiger partial charge in [-0.2, -0.15) is 0 Å². The number of rotatable bonds is 6. The van der Waals surface area contributed by atoms with Gasteiger partial charge in [-0.3, -0.25) is 9.59 Å². The Morgan fingerprint density at radius 1 is 1.30 bits per heavy atom. The highest BCUT2D eigenvalue weighted by Crippen LogP contribution is 2.21. The van der Waals surface area contributed by atoms with Gasteiger partial charge in [-0.15, -0.1) is 0 Å². The zero-order valence-electron chi connectivity index (χ0n) is 13.1. The quantitative estimate of drug-likeness (QED) is 0.875. The van der Waals surface area contributed by atoms with Crippen molar-refractivity contribution < 1.29 is 19.1 Å². The van der Waals surface area contributed by atoms with Gasteiger partial charge in [-0.05, 0) is 42.9 Å². The van der Waals surface area contributed by atoms with E-state index in [9.17, 15) is 14.0 Å². The van der Waals surface area contributed by atoms with Crippen LogP contribution in [0.1, 0.15) is 37.7 Å². The number of carbonyl (C=O) groups excluding carboxylic acids is 1. The Balaban J connectivity index is 1.80. The number of aliphatic carboxylic acids is 1. The number of likely N-dealkylation sites (tertiary alicyclic amines) is 1. The summed E-state index contributed by atoms with van der Waals surface area (Å²) in [6, 6.07) is 6.11. The van der Waals surface area contributed by atoms with Crippen molar-refractivity contribution >= 4 is 18.0 Å². The van der Waals surface area contributed by atoms with Crippen LogP contribution in [-0.4, -0.2) is 35.0 Å². The van der Waals surface area contributed by atoms with E-state index in [1.807, 2.05) is 11.0 Å². The van der Waals surface area contributed by atoms with Gasteiger partial charge >= 0.3 is 5.97 Å². The van der Waals surface area contributed by atoms with Crippen LogP contribution in [0.25, 0.3) is 6.08 Å². The minimum absolute atomic E-state index is 0.0587. The maximum absolute atomic E-state index is 12.8. The van der Waals surface area contributed by atoms with Crippen LogP contribution in [0, 0.1) is 11.7 Å². The van der Waals surface area contributed by atoms with E-state index >= 15 is 0 Å². The van der Waals surface area contributed by atoms with Crippen molar-refractivity contribution in [2.75, 3.05) is 13.1 Å². The van der Waals surface area contributed by atoms with Crippen LogP contribution in [0.4, 0.5) is 4.39 Å². The average molecular weight is 319 g/mol. The van der Waals surface area contributed by atoms with E-state index in [2.05, 4.69) is 0 Å². The summed E-state index contributed by atoms with van der Waals surface area (Å²) in [6.07, 6.45) is 6.62. The normalized spacial score (nSPS) is 18.3. The molecule has 124 valence electrons. The minimum Gasteiger partial charge on any atom is -0.481 e. The number of carboxylic acid groups (broad SMARTS) is 1. The van der Waals surface area contributed by atoms with Crippen LogP contribution in [0.3, 0.4) is 0 Å². The first-order chi connectivity index (χ1) is 11.0. The fraction of sp³-hybridized carbons (Fsp3) is 0.444. The molecule has 0 saturated carbocycles. The second-order valence-electron chi connectivity index (χ2n) is 5.94. The van der Waals surface area contributed by atoms with Gasteiger partial charge < -0.3 is 10.0 Å². The monoisotopic (exact) mass is 319 g/mol. The van der Waals surface area contributed by atoms with Crippen LogP contribution >= 0.6 is 0 Å². The molecule has 1 amide bonds. The molecule has 0 radical (unpaired) electrons. The lowest BCUT2D eigenvalue weighted by molar-refractivity contribution is -0.137. The Hall–Kier alpha value is -2.17. The zero-order valence-corrected chi connectivity index (χ0v) is 13.1. The van der Waals surface area contributed by atoms with Crippen molar-refractivity contribution in [2.24, 2.45) is 5.92 Å². The van der Waals surface area contributed by atoms with Crippen molar-refractivity contribution in [3.8, 4) is 0 Å². The molecule has 1 N–H and O–H groups in total. The van der Waals surface area contributed by atoms with Gasteiger partial charge in [-0.25, -0.2) is 4.39 Å². The van der Waals surface area contributed by atoms with Gasteiger partial charge in [0.05, 0.1) is 0 Å². The molecule has 2 rings (SSSR count). The summed E-state index contributed by atoms with van der Waals surface area (Å²) in [4.78, 5) is 24.7.